The lowest BCUT2D eigenvalue weighted by Gasteiger charge is -2.15. The maximum absolute atomic E-state index is 12.1. The van der Waals surface area contributed by atoms with E-state index in [0.717, 1.165) is 0 Å². The summed E-state index contributed by atoms with van der Waals surface area (Å²) < 4.78 is 15.7. The summed E-state index contributed by atoms with van der Waals surface area (Å²) in [7, 11) is 1.52. The van der Waals surface area contributed by atoms with Crippen molar-refractivity contribution in [1.29, 1.82) is 0 Å². The Hall–Kier alpha value is -1.83. The molecule has 1 fully saturated rings. The Morgan fingerprint density at radius 3 is 2.90 bits per heavy atom. The first-order chi connectivity index (χ1) is 10.2. The molecular weight excluding hydrogens is 276 g/mol. The molecule has 4 N–H and O–H groups in total. The van der Waals surface area contributed by atoms with Gasteiger partial charge in [0.05, 0.1) is 32.8 Å². The van der Waals surface area contributed by atoms with E-state index >= 15 is 0 Å². The highest BCUT2D eigenvalue weighted by atomic mass is 16.5. The molecule has 1 aliphatic heterocycles. The van der Waals surface area contributed by atoms with Gasteiger partial charge in [-0.15, -0.1) is 0 Å². The molecule has 1 aliphatic rings. The van der Waals surface area contributed by atoms with Crippen LogP contribution in [0.2, 0.25) is 0 Å². The second kappa shape index (κ2) is 7.26. The Bertz CT molecular complexity index is 494. The molecular formula is C14H20N2O5. The fraction of sp³-hybridized carbons (Fsp3) is 0.500. The lowest BCUT2D eigenvalue weighted by Crippen LogP contribution is -2.37. The van der Waals surface area contributed by atoms with Crippen molar-refractivity contribution in [2.75, 3.05) is 38.9 Å². The molecule has 0 spiro atoms. The minimum absolute atomic E-state index is 0.103. The number of aliphatic hydroxyl groups excluding tert-OH is 1. The Balaban J connectivity index is 2.07. The van der Waals surface area contributed by atoms with Gasteiger partial charge >= 0.3 is 0 Å². The van der Waals surface area contributed by atoms with Crippen LogP contribution in [-0.4, -0.2) is 50.6 Å². The quantitative estimate of drug-likeness (QED) is 0.681. The highest BCUT2D eigenvalue weighted by Gasteiger charge is 2.31. The van der Waals surface area contributed by atoms with Gasteiger partial charge < -0.3 is 30.4 Å². The van der Waals surface area contributed by atoms with Crippen LogP contribution in [0, 0.1) is 5.92 Å². The van der Waals surface area contributed by atoms with Gasteiger partial charge in [-0.25, -0.2) is 0 Å². The fourth-order valence-electron chi connectivity index (χ4n) is 2.10. The normalized spacial score (nSPS) is 21.1. The molecule has 1 amide bonds. The number of amides is 1. The number of ether oxygens (including phenoxy) is 3. The zero-order chi connectivity index (χ0) is 15.2. The molecule has 2 rings (SSSR count). The van der Waals surface area contributed by atoms with Gasteiger partial charge in [-0.05, 0) is 12.1 Å². The third-order valence-electron chi connectivity index (χ3n) is 3.24. The smallest absolute Gasteiger partial charge is 0.231 e. The molecule has 21 heavy (non-hydrogen) atoms. The number of nitrogens with one attached hydrogen (secondary N) is 1. The van der Waals surface area contributed by atoms with Gasteiger partial charge in [0.25, 0.3) is 0 Å². The van der Waals surface area contributed by atoms with Crippen molar-refractivity contribution in [2.45, 2.75) is 6.04 Å². The van der Waals surface area contributed by atoms with Gasteiger partial charge in [-0.1, -0.05) is 0 Å². The molecule has 0 aliphatic carbocycles. The summed E-state index contributed by atoms with van der Waals surface area (Å²) in [4.78, 5) is 12.1. The van der Waals surface area contributed by atoms with Crippen molar-refractivity contribution in [3.05, 3.63) is 18.2 Å². The van der Waals surface area contributed by atoms with E-state index < -0.39 is 0 Å². The number of carbonyl (C=O) groups is 1. The van der Waals surface area contributed by atoms with E-state index in [1.165, 1.54) is 7.11 Å². The van der Waals surface area contributed by atoms with Gasteiger partial charge in [0.1, 0.15) is 6.61 Å². The predicted molar refractivity (Wildman–Crippen MR) is 76.5 cm³/mol. The van der Waals surface area contributed by atoms with Crippen LogP contribution < -0.4 is 20.5 Å². The molecule has 1 saturated heterocycles. The average molecular weight is 296 g/mol. The second-order valence-corrected chi connectivity index (χ2v) is 4.73. The molecule has 2 unspecified atom stereocenters. The maximum atomic E-state index is 12.1. The number of nitrogens with two attached hydrogens (primary N) is 1. The SMILES string of the molecule is COc1ccc(NC(=O)C2COCC2N)cc1OCCO. The van der Waals surface area contributed by atoms with Gasteiger partial charge in [-0.2, -0.15) is 0 Å². The topological polar surface area (TPSA) is 103 Å². The van der Waals surface area contributed by atoms with Gasteiger partial charge in [0.2, 0.25) is 5.91 Å². The summed E-state index contributed by atoms with van der Waals surface area (Å²) in [5.41, 5.74) is 6.39. The molecule has 1 heterocycles. The molecule has 0 radical (unpaired) electrons. The van der Waals surface area contributed by atoms with Crippen LogP contribution in [0.25, 0.3) is 0 Å². The van der Waals surface area contributed by atoms with Crippen molar-refractivity contribution in [3.8, 4) is 11.5 Å². The second-order valence-electron chi connectivity index (χ2n) is 4.73. The van der Waals surface area contributed by atoms with Crippen LogP contribution in [0.4, 0.5) is 5.69 Å². The molecule has 0 saturated carbocycles. The molecule has 0 aromatic heterocycles. The van der Waals surface area contributed by atoms with E-state index in [1.807, 2.05) is 0 Å². The van der Waals surface area contributed by atoms with Crippen molar-refractivity contribution in [3.63, 3.8) is 0 Å². The van der Waals surface area contributed by atoms with E-state index in [-0.39, 0.29) is 31.1 Å². The zero-order valence-corrected chi connectivity index (χ0v) is 11.9. The molecule has 2 atom stereocenters. The maximum Gasteiger partial charge on any atom is 0.231 e. The first kappa shape index (κ1) is 15.6. The number of methoxy groups -OCH3 is 1. The Morgan fingerprint density at radius 1 is 1.48 bits per heavy atom. The fourth-order valence-corrected chi connectivity index (χ4v) is 2.10. The molecule has 7 nitrogen and oxygen atoms in total. The molecule has 1 aromatic carbocycles. The van der Waals surface area contributed by atoms with Crippen LogP contribution in [0.1, 0.15) is 0 Å². The monoisotopic (exact) mass is 296 g/mol. The van der Waals surface area contributed by atoms with Crippen LogP contribution >= 0.6 is 0 Å². The van der Waals surface area contributed by atoms with Crippen LogP contribution in [0.15, 0.2) is 18.2 Å². The molecule has 1 aromatic rings. The lowest BCUT2D eigenvalue weighted by atomic mass is 10.0. The van der Waals surface area contributed by atoms with E-state index in [9.17, 15) is 4.79 Å². The number of aliphatic hydroxyl groups is 1. The Morgan fingerprint density at radius 2 is 2.29 bits per heavy atom. The van der Waals surface area contributed by atoms with Crippen molar-refractivity contribution in [2.24, 2.45) is 11.7 Å². The molecule has 0 bridgehead atoms. The standard InChI is InChI=1S/C14H20N2O5/c1-19-12-3-2-9(6-13(12)21-5-4-17)16-14(18)10-7-20-8-11(10)15/h2-3,6,10-11,17H,4-5,7-8,15H2,1H3,(H,16,18). The van der Waals surface area contributed by atoms with Crippen molar-refractivity contribution < 1.29 is 24.1 Å². The van der Waals surface area contributed by atoms with Crippen LogP contribution in [0.5, 0.6) is 11.5 Å². The third-order valence-corrected chi connectivity index (χ3v) is 3.24. The summed E-state index contributed by atoms with van der Waals surface area (Å²) in [6, 6.07) is 4.76. The number of anilines is 1. The zero-order valence-electron chi connectivity index (χ0n) is 11.9. The summed E-state index contributed by atoms with van der Waals surface area (Å²) in [5, 5.41) is 11.6. The van der Waals surface area contributed by atoms with Crippen molar-refractivity contribution in [1.82, 2.24) is 0 Å². The Labute approximate surface area is 123 Å². The minimum atomic E-state index is -0.353. The summed E-state index contributed by atoms with van der Waals surface area (Å²) in [5.74, 6) is 0.450. The number of benzene rings is 1. The van der Waals surface area contributed by atoms with Gasteiger partial charge in [0.15, 0.2) is 11.5 Å². The van der Waals surface area contributed by atoms with E-state index in [0.29, 0.717) is 30.4 Å². The lowest BCUT2D eigenvalue weighted by molar-refractivity contribution is -0.120. The molecule has 116 valence electrons. The predicted octanol–water partition coefficient (Wildman–Crippen LogP) is -0.0215. The van der Waals surface area contributed by atoms with E-state index in [2.05, 4.69) is 5.32 Å². The van der Waals surface area contributed by atoms with E-state index in [4.69, 9.17) is 25.1 Å². The summed E-state index contributed by atoms with van der Waals surface area (Å²) in [6.07, 6.45) is 0. The summed E-state index contributed by atoms with van der Waals surface area (Å²) in [6.45, 7) is 0.770. The number of rotatable bonds is 6. The third kappa shape index (κ3) is 3.84. The summed E-state index contributed by atoms with van der Waals surface area (Å²) >= 11 is 0. The number of hydrogen-bond acceptors (Lipinski definition) is 6. The Kier molecular flexibility index (Phi) is 5.38. The highest BCUT2D eigenvalue weighted by molar-refractivity contribution is 5.93. The van der Waals surface area contributed by atoms with E-state index in [1.54, 1.807) is 18.2 Å². The average Bonchev–Trinajstić information content (AvgIpc) is 2.91. The number of carbonyl (C=O) groups excluding carboxylic acids is 1. The molecule has 7 heteroatoms. The van der Waals surface area contributed by atoms with Crippen LogP contribution in [0.3, 0.4) is 0 Å². The van der Waals surface area contributed by atoms with Gasteiger partial charge in [-0.3, -0.25) is 4.79 Å². The largest absolute Gasteiger partial charge is 0.493 e. The van der Waals surface area contributed by atoms with Gasteiger partial charge in [0, 0.05) is 17.8 Å². The minimum Gasteiger partial charge on any atom is -0.493 e. The first-order valence-electron chi connectivity index (χ1n) is 6.71. The van der Waals surface area contributed by atoms with Crippen LogP contribution in [-0.2, 0) is 9.53 Å². The number of hydrogen-bond donors (Lipinski definition) is 3. The van der Waals surface area contributed by atoms with Crippen molar-refractivity contribution >= 4 is 11.6 Å². The highest BCUT2D eigenvalue weighted by Crippen LogP contribution is 2.30. The first-order valence-corrected chi connectivity index (χ1v) is 6.71.